The van der Waals surface area contributed by atoms with Gasteiger partial charge in [-0.3, -0.25) is 14.5 Å². The van der Waals surface area contributed by atoms with Crippen LogP contribution in [-0.2, 0) is 29.6 Å². The Morgan fingerprint density at radius 3 is 2.76 bits per heavy atom. The van der Waals surface area contributed by atoms with Gasteiger partial charge in [0, 0.05) is 35.4 Å². The topological polar surface area (TPSA) is 121 Å². The van der Waals surface area contributed by atoms with Crippen LogP contribution in [-0.4, -0.2) is 67.4 Å². The molecule has 2 aromatic carbocycles. The number of amides is 1. The summed E-state index contributed by atoms with van der Waals surface area (Å²) in [6, 6.07) is 10.9. The summed E-state index contributed by atoms with van der Waals surface area (Å²) in [6.07, 6.45) is -0.108. The maximum Gasteiger partial charge on any atom is 0.510 e. The summed E-state index contributed by atoms with van der Waals surface area (Å²) < 4.78 is 52.6. The average molecular weight is 643 g/mol. The van der Waals surface area contributed by atoms with E-state index in [-0.39, 0.29) is 54.3 Å². The number of morpholine rings is 1. The van der Waals surface area contributed by atoms with Crippen molar-refractivity contribution in [2.24, 2.45) is 5.16 Å². The summed E-state index contributed by atoms with van der Waals surface area (Å²) in [5.74, 6) is -2.96. The minimum atomic E-state index is -1.03. The van der Waals surface area contributed by atoms with Crippen LogP contribution in [0.2, 0.25) is 0 Å². The summed E-state index contributed by atoms with van der Waals surface area (Å²) in [7, 11) is 1.13. The Kier molecular flexibility index (Phi) is 8.63. The van der Waals surface area contributed by atoms with Crippen molar-refractivity contribution in [3.05, 3.63) is 88.0 Å². The highest BCUT2D eigenvalue weighted by Crippen LogP contribution is 2.45. The van der Waals surface area contributed by atoms with E-state index in [0.717, 1.165) is 23.6 Å². The van der Waals surface area contributed by atoms with Gasteiger partial charge in [-0.25, -0.2) is 18.4 Å². The van der Waals surface area contributed by atoms with Crippen LogP contribution in [0.15, 0.2) is 58.7 Å². The second-order valence-corrected chi connectivity index (χ2v) is 11.1. The Labute approximate surface area is 260 Å². The zero-order valence-corrected chi connectivity index (χ0v) is 25.1. The number of nitrogens with zero attached hydrogens (tertiary/aromatic N) is 4. The molecule has 0 saturated carbocycles. The van der Waals surface area contributed by atoms with Gasteiger partial charge in [0.15, 0.2) is 23.1 Å². The second-order valence-electron chi connectivity index (χ2n) is 10.1. The van der Waals surface area contributed by atoms with Crippen molar-refractivity contribution in [3.63, 3.8) is 0 Å². The number of hydrogen-bond acceptors (Lipinski definition) is 11. The molecule has 1 fully saturated rings. The van der Waals surface area contributed by atoms with Crippen LogP contribution in [0.1, 0.15) is 46.6 Å². The number of halogens is 2. The summed E-state index contributed by atoms with van der Waals surface area (Å²) in [5, 5.41) is 5.75. The van der Waals surface area contributed by atoms with Crippen LogP contribution >= 0.6 is 11.8 Å². The average Bonchev–Trinajstić information content (AvgIpc) is 3.23. The highest BCUT2D eigenvalue weighted by atomic mass is 32.2. The zero-order valence-electron chi connectivity index (χ0n) is 24.2. The lowest BCUT2D eigenvalue weighted by molar-refractivity contribution is -0.143. The molecule has 3 aromatic rings. The minimum Gasteiger partial charge on any atom is -0.452 e. The van der Waals surface area contributed by atoms with Gasteiger partial charge in [0.05, 0.1) is 26.4 Å². The van der Waals surface area contributed by atoms with E-state index in [1.807, 2.05) is 29.3 Å². The SMILES string of the molecule is CCC(=O)O/N=c1\ccn2c(c1OCOC(=O)OC)C(=O)N1CCOC[C@H]1N2[C@@H]1c2ccccc2SCc2c1ccc(F)c2F. The number of rotatable bonds is 6. The quantitative estimate of drug-likeness (QED) is 0.170. The highest BCUT2D eigenvalue weighted by Gasteiger charge is 2.46. The smallest absolute Gasteiger partial charge is 0.452 e. The van der Waals surface area contributed by atoms with E-state index in [4.69, 9.17) is 19.0 Å². The van der Waals surface area contributed by atoms with Crippen molar-refractivity contribution >= 4 is 29.8 Å². The molecule has 1 saturated heterocycles. The largest absolute Gasteiger partial charge is 0.510 e. The third-order valence-electron chi connectivity index (χ3n) is 7.63. The minimum absolute atomic E-state index is 0.0261. The molecule has 6 rings (SSSR count). The molecule has 3 aliphatic heterocycles. The number of methoxy groups -OCH3 is 1. The monoisotopic (exact) mass is 642 g/mol. The molecule has 45 heavy (non-hydrogen) atoms. The molecule has 0 radical (unpaired) electrons. The highest BCUT2D eigenvalue weighted by molar-refractivity contribution is 7.98. The Morgan fingerprint density at radius 1 is 1.13 bits per heavy atom. The standard InChI is InChI=1S/C30H28F2N4O8S/c1-3-24(37)44-33-21-10-11-35-27(28(21)42-16-43-30(39)40-2)29(38)34-12-13-41-14-23(34)36(35)26-17-8-9-20(31)25(32)19(17)15-45-22-7-5-4-6-18(22)26/h4-11,23,26H,3,12-16H2,1-2H3/b33-21+/t23-,26+/m1/s1. The number of aromatic nitrogens is 1. The van der Waals surface area contributed by atoms with Gasteiger partial charge in [0.2, 0.25) is 6.79 Å². The van der Waals surface area contributed by atoms with Crippen LogP contribution in [0.3, 0.4) is 0 Å². The van der Waals surface area contributed by atoms with Crippen molar-refractivity contribution in [1.82, 2.24) is 9.58 Å². The number of pyridine rings is 1. The molecule has 0 aliphatic carbocycles. The fourth-order valence-corrected chi connectivity index (χ4v) is 6.67. The third kappa shape index (κ3) is 5.57. The van der Waals surface area contributed by atoms with E-state index in [1.54, 1.807) is 28.8 Å². The molecule has 0 unspecified atom stereocenters. The van der Waals surface area contributed by atoms with Gasteiger partial charge in [-0.15, -0.1) is 11.8 Å². The van der Waals surface area contributed by atoms with Crippen LogP contribution < -0.4 is 15.1 Å². The molecule has 0 spiro atoms. The van der Waals surface area contributed by atoms with Crippen molar-refractivity contribution in [2.75, 3.05) is 38.7 Å². The molecule has 0 N–H and O–H groups in total. The van der Waals surface area contributed by atoms with E-state index in [0.29, 0.717) is 5.56 Å². The van der Waals surface area contributed by atoms with Gasteiger partial charge in [-0.2, -0.15) is 0 Å². The van der Waals surface area contributed by atoms with E-state index < -0.39 is 48.7 Å². The van der Waals surface area contributed by atoms with E-state index in [1.165, 1.54) is 17.8 Å². The normalized spacial score (nSPS) is 19.0. The van der Waals surface area contributed by atoms with Gasteiger partial charge in [0.1, 0.15) is 11.5 Å². The van der Waals surface area contributed by atoms with Crippen molar-refractivity contribution in [1.29, 1.82) is 0 Å². The van der Waals surface area contributed by atoms with Crippen LogP contribution in [0, 0.1) is 11.6 Å². The molecule has 236 valence electrons. The van der Waals surface area contributed by atoms with Gasteiger partial charge < -0.3 is 28.7 Å². The second kappa shape index (κ2) is 12.8. The first-order chi connectivity index (χ1) is 21.8. The maximum atomic E-state index is 15.4. The van der Waals surface area contributed by atoms with Crippen molar-refractivity contribution in [2.45, 2.75) is 36.2 Å². The Bertz CT molecular complexity index is 1730. The number of benzene rings is 2. The summed E-state index contributed by atoms with van der Waals surface area (Å²) in [4.78, 5) is 45.3. The van der Waals surface area contributed by atoms with Crippen LogP contribution in [0.25, 0.3) is 0 Å². The number of fused-ring (bicyclic) bond motifs is 4. The summed E-state index contributed by atoms with van der Waals surface area (Å²) in [6.45, 7) is 1.51. The first-order valence-corrected chi connectivity index (χ1v) is 15.0. The van der Waals surface area contributed by atoms with E-state index in [9.17, 15) is 18.8 Å². The van der Waals surface area contributed by atoms with Crippen LogP contribution in [0.4, 0.5) is 13.6 Å². The van der Waals surface area contributed by atoms with Crippen molar-refractivity contribution < 1.29 is 46.9 Å². The zero-order chi connectivity index (χ0) is 31.7. The number of thioether (sulfide) groups is 1. The molecular weight excluding hydrogens is 614 g/mol. The third-order valence-corrected chi connectivity index (χ3v) is 8.75. The Hall–Kier alpha value is -4.63. The fraction of sp³-hybridized carbons (Fsp3) is 0.333. The molecule has 12 nitrogen and oxygen atoms in total. The fourth-order valence-electron chi connectivity index (χ4n) is 5.55. The molecular formula is C30H28F2N4O8S. The Balaban J connectivity index is 1.60. The molecule has 15 heteroatoms. The lowest BCUT2D eigenvalue weighted by Gasteiger charge is -2.51. The predicted molar refractivity (Wildman–Crippen MR) is 153 cm³/mol. The van der Waals surface area contributed by atoms with Crippen LogP contribution in [0.5, 0.6) is 5.75 Å². The van der Waals surface area contributed by atoms with Gasteiger partial charge in [0.25, 0.3) is 5.91 Å². The summed E-state index contributed by atoms with van der Waals surface area (Å²) in [5.41, 5.74) is 1.47. The number of carbonyl (C=O) groups is 3. The summed E-state index contributed by atoms with van der Waals surface area (Å²) >= 11 is 1.38. The van der Waals surface area contributed by atoms with Gasteiger partial charge in [-0.1, -0.05) is 36.3 Å². The Morgan fingerprint density at radius 2 is 1.96 bits per heavy atom. The molecule has 4 heterocycles. The number of hydrogen-bond donors (Lipinski definition) is 0. The molecule has 3 aliphatic rings. The maximum absolute atomic E-state index is 15.4. The van der Waals surface area contributed by atoms with Gasteiger partial charge in [-0.05, 0) is 29.3 Å². The number of carbonyl (C=O) groups excluding carboxylic acids is 3. The lowest BCUT2D eigenvalue weighted by atomic mass is 9.93. The van der Waals surface area contributed by atoms with Crippen molar-refractivity contribution in [3.8, 4) is 5.75 Å². The first kappa shape index (κ1) is 30.4. The molecule has 0 bridgehead atoms. The first-order valence-electron chi connectivity index (χ1n) is 14.0. The number of ether oxygens (including phenoxy) is 4. The molecule has 1 amide bonds. The lowest BCUT2D eigenvalue weighted by Crippen LogP contribution is -2.66. The van der Waals surface area contributed by atoms with E-state index >= 15 is 4.39 Å². The predicted octanol–water partition coefficient (Wildman–Crippen LogP) is 3.80. The van der Waals surface area contributed by atoms with E-state index in [2.05, 4.69) is 9.89 Å². The molecule has 2 atom stereocenters. The van der Waals surface area contributed by atoms with Gasteiger partial charge >= 0.3 is 12.1 Å². The molecule has 1 aromatic heterocycles.